The second-order valence-corrected chi connectivity index (χ2v) is 15.6. The summed E-state index contributed by atoms with van der Waals surface area (Å²) >= 11 is 0. The molecule has 3 aliphatic rings. The van der Waals surface area contributed by atoms with Crippen LogP contribution < -0.4 is 15.5 Å². The highest BCUT2D eigenvalue weighted by atomic mass is 16.3. The maximum absolute atomic E-state index is 6.79. The first-order chi connectivity index (χ1) is 29.7. The van der Waals surface area contributed by atoms with E-state index in [1.54, 1.807) is 0 Å². The van der Waals surface area contributed by atoms with Gasteiger partial charge in [0.25, 0.3) is 0 Å². The fraction of sp³-hybridized carbons (Fsp3) is 0.0877. The Kier molecular flexibility index (Phi) is 8.45. The van der Waals surface area contributed by atoms with E-state index in [0.29, 0.717) is 0 Å². The molecule has 0 radical (unpaired) electrons. The molecule has 2 aromatic heterocycles. The molecule has 0 amide bonds. The summed E-state index contributed by atoms with van der Waals surface area (Å²) in [7, 11) is 0. The number of fused-ring (bicyclic) bond motifs is 11. The van der Waals surface area contributed by atoms with Gasteiger partial charge in [-0.25, -0.2) is 0 Å². The molecule has 0 bridgehead atoms. The minimum Gasteiger partial charge on any atom is -0.456 e. The van der Waals surface area contributed by atoms with Crippen LogP contribution in [-0.4, -0.2) is 4.57 Å². The highest BCUT2D eigenvalue weighted by Gasteiger charge is 2.45. The molecular weight excluding hydrogens is 729 g/mol. The van der Waals surface area contributed by atoms with Gasteiger partial charge in [0.05, 0.1) is 16.5 Å². The molecule has 0 atom stereocenters. The summed E-state index contributed by atoms with van der Waals surface area (Å²) in [6, 6.07) is 66.0. The summed E-state index contributed by atoms with van der Waals surface area (Å²) in [5, 5.41) is 3.43. The van der Waals surface area contributed by atoms with E-state index in [4.69, 9.17) is 11.0 Å². The van der Waals surface area contributed by atoms with Gasteiger partial charge in [-0.2, -0.15) is 0 Å². The van der Waals surface area contributed by atoms with Crippen LogP contribution in [0.1, 0.15) is 52.9 Å². The topological polar surface area (TPSA) is 21.3 Å². The Morgan fingerprint density at radius 2 is 1.13 bits per heavy atom. The molecule has 1 aliphatic heterocycles. The van der Waals surface area contributed by atoms with Gasteiger partial charge in [-0.3, -0.25) is 0 Å². The van der Waals surface area contributed by atoms with E-state index in [1.807, 2.05) is 13.8 Å². The van der Waals surface area contributed by atoms with Gasteiger partial charge < -0.3 is 13.9 Å². The van der Waals surface area contributed by atoms with Gasteiger partial charge in [0.1, 0.15) is 11.3 Å². The van der Waals surface area contributed by atoms with Crippen molar-refractivity contribution in [2.75, 3.05) is 4.90 Å². The number of furan rings is 1. The average Bonchev–Trinajstić information content (AvgIpc) is 3.95. The number of rotatable bonds is 4. The van der Waals surface area contributed by atoms with Crippen molar-refractivity contribution in [3.8, 4) is 28.1 Å². The van der Waals surface area contributed by atoms with Crippen LogP contribution in [0.2, 0.25) is 0 Å². The van der Waals surface area contributed by atoms with E-state index in [1.165, 1.54) is 50.0 Å². The number of hydrogen-bond donors (Lipinski definition) is 0. The first-order valence-electron chi connectivity index (χ1n) is 21.2. The molecule has 0 fully saturated rings. The van der Waals surface area contributed by atoms with E-state index in [0.717, 1.165) is 68.5 Å². The zero-order chi connectivity index (χ0) is 40.4. The third-order valence-electron chi connectivity index (χ3n) is 12.7. The van der Waals surface area contributed by atoms with E-state index < -0.39 is 5.41 Å². The largest absolute Gasteiger partial charge is 0.456 e. The van der Waals surface area contributed by atoms with Crippen molar-refractivity contribution in [2.24, 2.45) is 0 Å². The number of para-hydroxylation sites is 3. The molecular formula is C57H44N2O. The lowest BCUT2D eigenvalue weighted by Crippen LogP contribution is -2.33. The molecule has 3 nitrogen and oxygen atoms in total. The minimum absolute atomic E-state index is 0.466. The van der Waals surface area contributed by atoms with Crippen molar-refractivity contribution in [3.63, 3.8) is 0 Å². The third kappa shape index (κ3) is 5.15. The molecule has 9 aromatic rings. The van der Waals surface area contributed by atoms with E-state index in [9.17, 15) is 0 Å². The Morgan fingerprint density at radius 3 is 1.85 bits per heavy atom. The van der Waals surface area contributed by atoms with Crippen LogP contribution in [0.4, 0.5) is 11.4 Å². The Hall–Kier alpha value is -7.36. The van der Waals surface area contributed by atoms with Gasteiger partial charge in [0.15, 0.2) is 0 Å². The molecule has 7 aromatic carbocycles. The van der Waals surface area contributed by atoms with Gasteiger partial charge in [0.2, 0.25) is 0 Å². The van der Waals surface area contributed by atoms with Crippen LogP contribution in [0.15, 0.2) is 193 Å². The van der Waals surface area contributed by atoms with Crippen LogP contribution in [0.25, 0.3) is 57.0 Å². The number of anilines is 2. The highest BCUT2D eigenvalue weighted by molar-refractivity contribution is 5.98. The van der Waals surface area contributed by atoms with Gasteiger partial charge in [-0.05, 0) is 94.3 Å². The summed E-state index contributed by atoms with van der Waals surface area (Å²) in [5.41, 5.74) is 17.2. The Bertz CT molecular complexity index is 3190. The molecule has 288 valence electrons. The third-order valence-corrected chi connectivity index (χ3v) is 12.7. The lowest BCUT2D eigenvalue weighted by atomic mass is 9.68. The molecule has 0 N–H and O–H groups in total. The highest BCUT2D eigenvalue weighted by Crippen LogP contribution is 2.56. The zero-order valence-electron chi connectivity index (χ0n) is 33.9. The molecule has 0 unspecified atom stereocenters. The molecule has 0 saturated heterocycles. The van der Waals surface area contributed by atoms with Crippen LogP contribution >= 0.6 is 0 Å². The first kappa shape index (κ1) is 35.8. The van der Waals surface area contributed by atoms with E-state index in [2.05, 4.69) is 204 Å². The maximum Gasteiger partial charge on any atom is 0.141 e. The SMILES string of the molecule is C=C1/C=c2/c3c(n(-c4ccccc4)/c2=C/N(c2ccc(C4(c5ccccc5)c5ccccc5-c5ccccc54)cc2)c2ccccc21)CCc1c-3oc2ccccc12.CC. The smallest absolute Gasteiger partial charge is 0.141 e. The number of aryl methyl sites for hydroxylation is 1. The molecule has 0 saturated carbocycles. The van der Waals surface area contributed by atoms with Crippen molar-refractivity contribution in [2.45, 2.75) is 32.1 Å². The summed E-state index contributed by atoms with van der Waals surface area (Å²) < 4.78 is 9.24. The monoisotopic (exact) mass is 772 g/mol. The molecule has 0 spiro atoms. The summed E-state index contributed by atoms with van der Waals surface area (Å²) in [6.07, 6.45) is 6.43. The summed E-state index contributed by atoms with van der Waals surface area (Å²) in [6.45, 7) is 8.73. The molecule has 60 heavy (non-hydrogen) atoms. The molecule has 3 heterocycles. The predicted octanol–water partition coefficient (Wildman–Crippen LogP) is 12.8. The van der Waals surface area contributed by atoms with Gasteiger partial charge in [-0.1, -0.05) is 166 Å². The maximum atomic E-state index is 6.79. The lowest BCUT2D eigenvalue weighted by Gasteiger charge is -2.34. The summed E-state index contributed by atoms with van der Waals surface area (Å²) in [4.78, 5) is 2.37. The first-order valence-corrected chi connectivity index (χ1v) is 21.2. The Labute approximate surface area is 351 Å². The van der Waals surface area contributed by atoms with E-state index in [-0.39, 0.29) is 0 Å². The fourth-order valence-electron chi connectivity index (χ4n) is 10.3. The van der Waals surface area contributed by atoms with Gasteiger partial charge in [0, 0.05) is 50.6 Å². The van der Waals surface area contributed by atoms with Gasteiger partial charge >= 0.3 is 0 Å². The second kappa shape index (κ2) is 14.2. The van der Waals surface area contributed by atoms with Crippen molar-refractivity contribution >= 4 is 40.2 Å². The Morgan fingerprint density at radius 1 is 0.550 bits per heavy atom. The van der Waals surface area contributed by atoms with Gasteiger partial charge in [-0.15, -0.1) is 0 Å². The average molecular weight is 773 g/mol. The zero-order valence-corrected chi connectivity index (χ0v) is 33.9. The number of benzene rings is 7. The van der Waals surface area contributed by atoms with Crippen molar-refractivity contribution in [3.05, 3.63) is 238 Å². The standard InChI is InChI=1S/C55H38N2O.C2H6/c1-36-34-46-51(57(40-18-6-3-7-19-40)50-33-32-45-44-23-11-15-27-52(44)58-54(45)53(46)50)35-56(49-26-14-10-20-41(36)49)39-30-28-38(29-31-39)55(37-16-4-2-5-17-37)47-24-12-8-21-42(47)43-22-9-13-25-48(43)55;1-2/h2-31,34-35H,1,32-33H2;1-2H3/b46-34+,51-35+;. The molecule has 2 aliphatic carbocycles. The van der Waals surface area contributed by atoms with Crippen molar-refractivity contribution in [1.82, 2.24) is 4.57 Å². The van der Waals surface area contributed by atoms with Crippen LogP contribution in [-0.2, 0) is 18.3 Å². The van der Waals surface area contributed by atoms with Crippen molar-refractivity contribution < 1.29 is 4.42 Å². The minimum atomic E-state index is -0.466. The fourth-order valence-corrected chi connectivity index (χ4v) is 10.3. The normalized spacial score (nSPS) is 15.2. The van der Waals surface area contributed by atoms with Crippen molar-refractivity contribution in [1.29, 1.82) is 0 Å². The van der Waals surface area contributed by atoms with E-state index >= 15 is 0 Å². The number of allylic oxidation sites excluding steroid dienone is 1. The number of aromatic nitrogens is 1. The summed E-state index contributed by atoms with van der Waals surface area (Å²) in [5.74, 6) is 0.971. The van der Waals surface area contributed by atoms with Crippen LogP contribution in [0, 0.1) is 0 Å². The number of hydrogen-bond acceptors (Lipinski definition) is 2. The van der Waals surface area contributed by atoms with Crippen LogP contribution in [0.3, 0.4) is 0 Å². The molecule has 3 heteroatoms. The lowest BCUT2D eigenvalue weighted by molar-refractivity contribution is 0.619. The molecule has 12 rings (SSSR count). The quantitative estimate of drug-likeness (QED) is 0.178. The second-order valence-electron chi connectivity index (χ2n) is 15.6. The number of nitrogens with zero attached hydrogens (tertiary/aromatic N) is 2. The Balaban J connectivity index is 0.00000201. The van der Waals surface area contributed by atoms with Crippen LogP contribution in [0.5, 0.6) is 0 Å². The predicted molar refractivity (Wildman–Crippen MR) is 249 cm³/mol.